The van der Waals surface area contributed by atoms with Gasteiger partial charge in [0.25, 0.3) is 0 Å². The topological polar surface area (TPSA) is 56.1 Å². The van der Waals surface area contributed by atoms with Crippen LogP contribution in [-0.4, -0.2) is 19.2 Å². The number of rotatable bonds is 3. The maximum Gasteiger partial charge on any atom is 0.307 e. The second-order valence-electron chi connectivity index (χ2n) is 5.73. The van der Waals surface area contributed by atoms with E-state index in [4.69, 9.17) is 0 Å². The third-order valence-corrected chi connectivity index (χ3v) is 5.97. The molecule has 1 aliphatic carbocycles. The summed E-state index contributed by atoms with van der Waals surface area (Å²) in [7, 11) is -3.86. The zero-order valence-corrected chi connectivity index (χ0v) is 14.0. The van der Waals surface area contributed by atoms with Crippen LogP contribution in [0.2, 0.25) is 0 Å². The van der Waals surface area contributed by atoms with Crippen LogP contribution in [0.4, 0.5) is 8.78 Å². The Morgan fingerprint density at radius 1 is 1.17 bits per heavy atom. The molecule has 1 saturated carbocycles. The van der Waals surface area contributed by atoms with Crippen LogP contribution in [0.3, 0.4) is 0 Å². The Balaban J connectivity index is 2.17. The largest absolute Gasteiger partial charge is 0.307 e. The molecule has 1 fully saturated rings. The molecule has 1 aromatic heterocycles. The van der Waals surface area contributed by atoms with E-state index in [0.29, 0.717) is 11.8 Å². The van der Waals surface area contributed by atoms with Crippen molar-refractivity contribution in [1.29, 1.82) is 0 Å². The summed E-state index contributed by atoms with van der Waals surface area (Å²) in [5.74, 6) is -1.86. The molecule has 0 N–H and O–H groups in total. The molecule has 0 amide bonds. The molecule has 0 spiro atoms. The van der Waals surface area contributed by atoms with Gasteiger partial charge in [0.15, 0.2) is 9.84 Å². The summed E-state index contributed by atoms with van der Waals surface area (Å²) >= 11 is 0.937. The number of benzene rings is 1. The van der Waals surface area contributed by atoms with E-state index in [0.717, 1.165) is 49.3 Å². The third-order valence-electron chi connectivity index (χ3n) is 4.11. The van der Waals surface area contributed by atoms with Crippen LogP contribution in [0.5, 0.6) is 0 Å². The molecular formula is C15H15F2NO3S2. The van der Waals surface area contributed by atoms with Crippen LogP contribution < -0.4 is 4.87 Å². The van der Waals surface area contributed by atoms with Gasteiger partial charge in [-0.05, 0) is 25.0 Å². The van der Waals surface area contributed by atoms with Gasteiger partial charge in [0.1, 0.15) is 16.5 Å². The Kier molecular flexibility index (Phi) is 4.14. The number of aromatic nitrogens is 1. The van der Waals surface area contributed by atoms with Crippen LogP contribution in [0, 0.1) is 11.6 Å². The van der Waals surface area contributed by atoms with Gasteiger partial charge in [-0.1, -0.05) is 24.2 Å². The highest BCUT2D eigenvalue weighted by molar-refractivity contribution is 7.90. The number of thiazole rings is 1. The Morgan fingerprint density at radius 2 is 1.83 bits per heavy atom. The number of hydrogen-bond donors (Lipinski definition) is 0. The summed E-state index contributed by atoms with van der Waals surface area (Å²) < 4.78 is 52.9. The van der Waals surface area contributed by atoms with E-state index >= 15 is 0 Å². The quantitative estimate of drug-likeness (QED) is 0.844. The fourth-order valence-corrected chi connectivity index (χ4v) is 4.57. The lowest BCUT2D eigenvalue weighted by Crippen LogP contribution is -2.19. The highest BCUT2D eigenvalue weighted by Crippen LogP contribution is 2.35. The fourth-order valence-electron chi connectivity index (χ4n) is 3.03. The molecule has 1 aliphatic rings. The molecule has 0 radical (unpaired) electrons. The standard InChI is InChI=1S/C15H15F2NO3S2/c1-23(20,21)14-7-11(16)10(6-12(14)17)13-8-22-15(19)18(13)9-4-2-3-5-9/h6-9H,2-5H2,1H3. The van der Waals surface area contributed by atoms with Gasteiger partial charge >= 0.3 is 4.87 Å². The van der Waals surface area contributed by atoms with Crippen molar-refractivity contribution in [3.63, 3.8) is 0 Å². The van der Waals surface area contributed by atoms with E-state index in [1.165, 1.54) is 9.95 Å². The fraction of sp³-hybridized carbons (Fsp3) is 0.400. The Bertz CT molecular complexity index is 909. The average Bonchev–Trinajstić information content (AvgIpc) is 3.08. The first-order valence-corrected chi connectivity index (χ1v) is 9.95. The summed E-state index contributed by atoms with van der Waals surface area (Å²) in [5.41, 5.74) is 0.225. The summed E-state index contributed by atoms with van der Waals surface area (Å²) in [6.07, 6.45) is 4.47. The lowest BCUT2D eigenvalue weighted by Gasteiger charge is -2.15. The molecule has 2 aromatic rings. The van der Waals surface area contributed by atoms with Crippen molar-refractivity contribution in [2.45, 2.75) is 36.6 Å². The lowest BCUT2D eigenvalue weighted by atomic mass is 10.1. The lowest BCUT2D eigenvalue weighted by molar-refractivity contribution is 0.513. The zero-order chi connectivity index (χ0) is 16.8. The number of hydrogen-bond acceptors (Lipinski definition) is 4. The van der Waals surface area contributed by atoms with Gasteiger partial charge in [-0.15, -0.1) is 0 Å². The predicted octanol–water partition coefficient (Wildman–Crippen LogP) is 3.37. The van der Waals surface area contributed by atoms with Crippen molar-refractivity contribution in [3.05, 3.63) is 38.8 Å². The molecule has 0 saturated heterocycles. The summed E-state index contributed by atoms with van der Waals surface area (Å²) in [4.78, 5) is 11.2. The minimum atomic E-state index is -3.86. The molecule has 3 rings (SSSR count). The molecule has 1 heterocycles. The molecule has 0 bridgehead atoms. The first-order chi connectivity index (χ1) is 10.8. The highest BCUT2D eigenvalue weighted by Gasteiger charge is 2.25. The summed E-state index contributed by atoms with van der Waals surface area (Å²) in [5, 5.41) is 1.50. The molecule has 0 unspecified atom stereocenters. The maximum absolute atomic E-state index is 14.4. The smallest absolute Gasteiger partial charge is 0.296 e. The van der Waals surface area contributed by atoms with Crippen molar-refractivity contribution in [1.82, 2.24) is 4.57 Å². The van der Waals surface area contributed by atoms with Crippen molar-refractivity contribution < 1.29 is 17.2 Å². The van der Waals surface area contributed by atoms with Crippen molar-refractivity contribution in [3.8, 4) is 11.3 Å². The zero-order valence-electron chi connectivity index (χ0n) is 12.4. The van der Waals surface area contributed by atoms with Gasteiger partial charge in [0.05, 0.1) is 5.69 Å². The van der Waals surface area contributed by atoms with Gasteiger partial charge in [0, 0.05) is 23.2 Å². The first-order valence-electron chi connectivity index (χ1n) is 7.18. The van der Waals surface area contributed by atoms with E-state index < -0.39 is 26.4 Å². The number of halogens is 2. The van der Waals surface area contributed by atoms with E-state index in [1.54, 1.807) is 0 Å². The van der Waals surface area contributed by atoms with E-state index in [2.05, 4.69) is 0 Å². The molecule has 124 valence electrons. The van der Waals surface area contributed by atoms with Gasteiger partial charge in [-0.25, -0.2) is 17.2 Å². The summed E-state index contributed by atoms with van der Waals surface area (Å²) in [6.45, 7) is 0. The molecule has 4 nitrogen and oxygen atoms in total. The third kappa shape index (κ3) is 2.97. The molecule has 23 heavy (non-hydrogen) atoms. The van der Waals surface area contributed by atoms with E-state index in [1.807, 2.05) is 0 Å². The highest BCUT2D eigenvalue weighted by atomic mass is 32.2. The van der Waals surface area contributed by atoms with Gasteiger partial charge in [-0.3, -0.25) is 9.36 Å². The van der Waals surface area contributed by atoms with Crippen LogP contribution >= 0.6 is 11.3 Å². The van der Waals surface area contributed by atoms with Crippen LogP contribution in [0.15, 0.2) is 27.2 Å². The molecule has 1 aromatic carbocycles. The Morgan fingerprint density at radius 3 is 2.43 bits per heavy atom. The molecular weight excluding hydrogens is 344 g/mol. The van der Waals surface area contributed by atoms with E-state index in [-0.39, 0.29) is 16.5 Å². The van der Waals surface area contributed by atoms with Gasteiger partial charge < -0.3 is 0 Å². The maximum atomic E-state index is 14.4. The normalized spacial score (nSPS) is 16.1. The first kappa shape index (κ1) is 16.3. The van der Waals surface area contributed by atoms with Crippen molar-refractivity contribution >= 4 is 21.2 Å². The summed E-state index contributed by atoms with van der Waals surface area (Å²) in [6, 6.07) is 1.53. The minimum Gasteiger partial charge on any atom is -0.296 e. The second kappa shape index (κ2) is 5.83. The van der Waals surface area contributed by atoms with Crippen molar-refractivity contribution in [2.75, 3.05) is 6.26 Å². The van der Waals surface area contributed by atoms with Crippen LogP contribution in [0.25, 0.3) is 11.3 Å². The van der Waals surface area contributed by atoms with Gasteiger partial charge in [-0.2, -0.15) is 0 Å². The molecule has 8 heteroatoms. The SMILES string of the molecule is CS(=O)(=O)c1cc(F)c(-c2csc(=O)n2C2CCCC2)cc1F. The Hall–Kier alpha value is -1.54. The van der Waals surface area contributed by atoms with Crippen LogP contribution in [0.1, 0.15) is 31.7 Å². The number of nitrogens with zero attached hydrogens (tertiary/aromatic N) is 1. The second-order valence-corrected chi connectivity index (χ2v) is 8.53. The monoisotopic (exact) mass is 359 g/mol. The van der Waals surface area contributed by atoms with E-state index in [9.17, 15) is 22.0 Å². The van der Waals surface area contributed by atoms with Gasteiger partial charge in [0.2, 0.25) is 0 Å². The van der Waals surface area contributed by atoms with Crippen LogP contribution in [-0.2, 0) is 9.84 Å². The molecule has 0 aliphatic heterocycles. The molecule has 0 atom stereocenters. The number of sulfone groups is 1. The average molecular weight is 359 g/mol. The van der Waals surface area contributed by atoms with Crippen molar-refractivity contribution in [2.24, 2.45) is 0 Å². The predicted molar refractivity (Wildman–Crippen MR) is 84.5 cm³/mol. The Labute approximate surface area is 136 Å². The minimum absolute atomic E-state index is 0.0132.